The lowest BCUT2D eigenvalue weighted by Crippen LogP contribution is -2.43. The molecule has 1 rings (SSSR count). The van der Waals surface area contributed by atoms with E-state index in [0.717, 1.165) is 6.61 Å². The predicted molar refractivity (Wildman–Crippen MR) is 83.8 cm³/mol. The molecule has 0 aromatic heterocycles. The maximum atomic E-state index is 9.61. The molecule has 18 heavy (non-hydrogen) atoms. The van der Waals surface area contributed by atoms with Crippen LogP contribution >= 0.6 is 11.8 Å². The van der Waals surface area contributed by atoms with Crippen LogP contribution in [-0.2, 0) is 4.43 Å². The smallest absolute Gasteiger partial charge is 0.191 e. The molecule has 4 heteroatoms. The highest BCUT2D eigenvalue weighted by Gasteiger charge is 2.38. The van der Waals surface area contributed by atoms with E-state index in [2.05, 4.69) is 33.9 Å². The number of rotatable bonds is 5. The summed E-state index contributed by atoms with van der Waals surface area (Å²) >= 11 is 2.04. The van der Waals surface area contributed by atoms with Crippen molar-refractivity contribution in [2.45, 2.75) is 51.7 Å². The lowest BCUT2D eigenvalue weighted by Gasteiger charge is -2.38. The Morgan fingerprint density at radius 3 is 2.28 bits per heavy atom. The molecule has 0 bridgehead atoms. The number of aliphatic hydroxyl groups is 1. The summed E-state index contributed by atoms with van der Waals surface area (Å²) in [6.45, 7) is 12.4. The van der Waals surface area contributed by atoms with Gasteiger partial charge >= 0.3 is 0 Å². The molecule has 0 radical (unpaired) electrons. The first kappa shape index (κ1) is 16.5. The van der Waals surface area contributed by atoms with Crippen LogP contribution in [0.2, 0.25) is 18.1 Å². The van der Waals surface area contributed by atoms with Crippen LogP contribution in [0.15, 0.2) is 0 Å². The molecule has 0 amide bonds. The first-order valence-corrected chi connectivity index (χ1v) is 11.2. The van der Waals surface area contributed by atoms with Gasteiger partial charge in [0.05, 0.1) is 0 Å². The Hall–Kier alpha value is 0.487. The van der Waals surface area contributed by atoms with E-state index < -0.39 is 8.32 Å². The zero-order valence-corrected chi connectivity index (χ0v) is 14.5. The van der Waals surface area contributed by atoms with Crippen molar-refractivity contribution in [1.82, 2.24) is 0 Å². The van der Waals surface area contributed by atoms with Gasteiger partial charge in [0.15, 0.2) is 8.32 Å². The van der Waals surface area contributed by atoms with Crippen LogP contribution in [0.5, 0.6) is 0 Å². The van der Waals surface area contributed by atoms with Crippen molar-refractivity contribution in [2.75, 3.05) is 24.7 Å². The molecule has 1 fully saturated rings. The molecule has 1 heterocycles. The summed E-state index contributed by atoms with van der Waals surface area (Å²) in [5, 5.41) is 9.87. The highest BCUT2D eigenvalue weighted by molar-refractivity contribution is 7.99. The quantitative estimate of drug-likeness (QED) is 0.782. The summed E-state index contributed by atoms with van der Waals surface area (Å²) in [5.74, 6) is 3.52. The third-order valence-electron chi connectivity index (χ3n) is 4.63. The molecule has 1 unspecified atom stereocenters. The van der Waals surface area contributed by atoms with Gasteiger partial charge in [-0.25, -0.2) is 0 Å². The molecular weight excluding hydrogens is 260 g/mol. The topological polar surface area (TPSA) is 29.5 Å². The van der Waals surface area contributed by atoms with Gasteiger partial charge in [0.25, 0.3) is 0 Å². The minimum absolute atomic E-state index is 0.259. The highest BCUT2D eigenvalue weighted by Crippen LogP contribution is 2.37. The molecule has 1 aliphatic heterocycles. The molecule has 0 aliphatic carbocycles. The second-order valence-corrected chi connectivity index (χ2v) is 13.0. The lowest BCUT2D eigenvalue weighted by atomic mass is 9.89. The molecule has 1 atom stereocenters. The summed E-state index contributed by atoms with van der Waals surface area (Å²) in [4.78, 5) is 0. The van der Waals surface area contributed by atoms with Gasteiger partial charge in [-0.05, 0) is 48.4 Å². The first-order chi connectivity index (χ1) is 8.28. The normalized spacial score (nSPS) is 21.0. The van der Waals surface area contributed by atoms with Crippen molar-refractivity contribution in [3.63, 3.8) is 0 Å². The van der Waals surface area contributed by atoms with Crippen LogP contribution in [0.1, 0.15) is 33.6 Å². The van der Waals surface area contributed by atoms with E-state index in [-0.39, 0.29) is 11.6 Å². The second kappa shape index (κ2) is 6.78. The Kier molecular flexibility index (Phi) is 6.23. The van der Waals surface area contributed by atoms with Crippen molar-refractivity contribution in [3.8, 4) is 0 Å². The van der Waals surface area contributed by atoms with Gasteiger partial charge < -0.3 is 9.53 Å². The van der Waals surface area contributed by atoms with E-state index in [1.165, 1.54) is 24.3 Å². The van der Waals surface area contributed by atoms with E-state index in [0.29, 0.717) is 11.8 Å². The molecule has 0 aromatic carbocycles. The van der Waals surface area contributed by atoms with Crippen molar-refractivity contribution in [3.05, 3.63) is 0 Å². The van der Waals surface area contributed by atoms with Crippen LogP contribution in [0.3, 0.4) is 0 Å². The molecule has 1 N–H and O–H groups in total. The molecule has 0 saturated carbocycles. The van der Waals surface area contributed by atoms with Gasteiger partial charge in [-0.3, -0.25) is 0 Å². The van der Waals surface area contributed by atoms with Gasteiger partial charge in [-0.2, -0.15) is 11.8 Å². The average molecular weight is 291 g/mol. The van der Waals surface area contributed by atoms with Crippen molar-refractivity contribution in [2.24, 2.45) is 11.8 Å². The fraction of sp³-hybridized carbons (Fsp3) is 1.00. The third-order valence-corrected chi connectivity index (χ3v) is 10.2. The van der Waals surface area contributed by atoms with E-state index in [1.807, 2.05) is 11.8 Å². The van der Waals surface area contributed by atoms with Gasteiger partial charge in [-0.15, -0.1) is 0 Å². The van der Waals surface area contributed by atoms with Crippen molar-refractivity contribution >= 4 is 20.1 Å². The molecule has 2 nitrogen and oxygen atoms in total. The highest BCUT2D eigenvalue weighted by atomic mass is 32.2. The minimum Gasteiger partial charge on any atom is -0.416 e. The van der Waals surface area contributed by atoms with E-state index in [9.17, 15) is 5.11 Å². The number of hydrogen-bond acceptors (Lipinski definition) is 3. The van der Waals surface area contributed by atoms with Crippen LogP contribution in [0.25, 0.3) is 0 Å². The van der Waals surface area contributed by atoms with Crippen molar-refractivity contribution < 1.29 is 9.53 Å². The zero-order valence-electron chi connectivity index (χ0n) is 12.7. The van der Waals surface area contributed by atoms with Gasteiger partial charge in [0, 0.05) is 19.1 Å². The molecule has 0 aromatic rings. The fourth-order valence-corrected chi connectivity index (χ4v) is 4.26. The molecule has 108 valence electrons. The lowest BCUT2D eigenvalue weighted by molar-refractivity contribution is 0.106. The average Bonchev–Trinajstić information content (AvgIpc) is 2.29. The molecular formula is C14H30O2SSi. The molecule has 1 saturated heterocycles. The van der Waals surface area contributed by atoms with E-state index in [4.69, 9.17) is 4.43 Å². The van der Waals surface area contributed by atoms with Crippen LogP contribution in [0.4, 0.5) is 0 Å². The largest absolute Gasteiger partial charge is 0.416 e. The number of aliphatic hydroxyl groups excluding tert-OH is 1. The number of thioether (sulfide) groups is 1. The van der Waals surface area contributed by atoms with Gasteiger partial charge in [0.2, 0.25) is 0 Å². The van der Waals surface area contributed by atoms with Gasteiger partial charge in [-0.1, -0.05) is 20.8 Å². The summed E-state index contributed by atoms with van der Waals surface area (Å²) in [5.41, 5.74) is 0. The van der Waals surface area contributed by atoms with Gasteiger partial charge in [0.1, 0.15) is 0 Å². The monoisotopic (exact) mass is 290 g/mol. The Balaban J connectivity index is 2.48. The van der Waals surface area contributed by atoms with E-state index in [1.54, 1.807) is 0 Å². The standard InChI is InChI=1S/C14H30O2SSi/c1-14(2,3)18(4,5)16-11-13(10-15)12-6-8-17-9-7-12/h12-13,15H,6-11H2,1-5H3. The van der Waals surface area contributed by atoms with Crippen LogP contribution < -0.4 is 0 Å². The minimum atomic E-state index is -1.66. The Morgan fingerprint density at radius 2 is 1.83 bits per heavy atom. The van der Waals surface area contributed by atoms with Crippen LogP contribution in [-0.4, -0.2) is 38.1 Å². The van der Waals surface area contributed by atoms with E-state index >= 15 is 0 Å². The molecule has 0 spiro atoms. The Morgan fingerprint density at radius 1 is 1.28 bits per heavy atom. The van der Waals surface area contributed by atoms with Crippen molar-refractivity contribution in [1.29, 1.82) is 0 Å². The Labute approximate surface area is 118 Å². The predicted octanol–water partition coefficient (Wildman–Crippen LogP) is 3.76. The first-order valence-electron chi connectivity index (χ1n) is 7.10. The summed E-state index contributed by atoms with van der Waals surface area (Å²) < 4.78 is 6.27. The SMILES string of the molecule is CC(C)(C)[Si](C)(C)OCC(CO)C1CCSCC1. The summed E-state index contributed by atoms with van der Waals surface area (Å²) in [6, 6.07) is 0. The summed E-state index contributed by atoms with van der Waals surface area (Å²) in [7, 11) is -1.66. The fourth-order valence-electron chi connectivity index (χ4n) is 2.06. The molecule has 1 aliphatic rings. The van der Waals surface area contributed by atoms with Crippen LogP contribution in [0, 0.1) is 11.8 Å². The number of hydrogen-bond donors (Lipinski definition) is 1. The zero-order chi connectivity index (χ0) is 13.8. The Bertz CT molecular complexity index is 245. The maximum absolute atomic E-state index is 9.61. The second-order valence-electron chi connectivity index (χ2n) is 6.96. The maximum Gasteiger partial charge on any atom is 0.191 e. The summed E-state index contributed by atoms with van der Waals surface area (Å²) in [6.07, 6.45) is 2.49. The third kappa shape index (κ3) is 4.55.